The van der Waals surface area contributed by atoms with E-state index in [-0.39, 0.29) is 5.92 Å². The predicted molar refractivity (Wildman–Crippen MR) is 125 cm³/mol. The number of nitrogens with zero attached hydrogens (tertiary/aromatic N) is 4. The van der Waals surface area contributed by atoms with Crippen molar-refractivity contribution in [3.63, 3.8) is 0 Å². The highest BCUT2D eigenvalue weighted by atomic mass is 35.5. The molecule has 0 saturated carbocycles. The second-order valence-corrected chi connectivity index (χ2v) is 9.41. The van der Waals surface area contributed by atoms with Gasteiger partial charge in [0.2, 0.25) is 5.91 Å². The molecule has 0 bridgehead atoms. The monoisotopic (exact) mass is 440 g/mol. The molecule has 2 aliphatic rings. The summed E-state index contributed by atoms with van der Waals surface area (Å²) in [5, 5.41) is 1.86. The predicted octanol–water partition coefficient (Wildman–Crippen LogP) is 4.51. The lowest BCUT2D eigenvalue weighted by atomic mass is 9.95. The Labute approximate surface area is 185 Å². The summed E-state index contributed by atoms with van der Waals surface area (Å²) in [6.45, 7) is 5.00. The van der Waals surface area contributed by atoms with Gasteiger partial charge in [-0.1, -0.05) is 47.2 Å². The average molecular weight is 441 g/mol. The SMILES string of the molecule is O=C(C1CCN(c2nc3ccccc3s2)CC1)N1CCN(c2ccccc2Cl)CC1. The number of carbonyl (C=O) groups excluding carboxylic acids is 1. The molecule has 3 aromatic rings. The van der Waals surface area contributed by atoms with Crippen LogP contribution >= 0.6 is 22.9 Å². The zero-order chi connectivity index (χ0) is 20.5. The van der Waals surface area contributed by atoms with Gasteiger partial charge in [-0.2, -0.15) is 0 Å². The fourth-order valence-corrected chi connectivity index (χ4v) is 5.72. The number of piperazine rings is 1. The maximum Gasteiger partial charge on any atom is 0.225 e. The van der Waals surface area contributed by atoms with E-state index in [0.717, 1.165) is 73.5 Å². The number of anilines is 2. The number of carbonyl (C=O) groups is 1. The first-order chi connectivity index (χ1) is 14.7. The Hall–Kier alpha value is -2.31. The molecule has 0 radical (unpaired) electrons. The Kier molecular flexibility index (Phi) is 5.52. The number of thiazole rings is 1. The Morgan fingerprint density at radius 3 is 2.33 bits per heavy atom. The summed E-state index contributed by atoms with van der Waals surface area (Å²) in [6, 6.07) is 16.2. The number of hydrogen-bond acceptors (Lipinski definition) is 5. The minimum Gasteiger partial charge on any atom is -0.367 e. The van der Waals surface area contributed by atoms with Crippen LogP contribution < -0.4 is 9.80 Å². The van der Waals surface area contributed by atoms with Crippen LogP contribution in [0.4, 0.5) is 10.8 Å². The third-order valence-corrected chi connectivity index (χ3v) is 7.60. The number of fused-ring (bicyclic) bond motifs is 1. The molecule has 5 rings (SSSR count). The summed E-state index contributed by atoms with van der Waals surface area (Å²) in [4.78, 5) is 24.5. The van der Waals surface area contributed by atoms with Crippen molar-refractivity contribution in [2.75, 3.05) is 49.1 Å². The quantitative estimate of drug-likeness (QED) is 0.600. The van der Waals surface area contributed by atoms with Crippen molar-refractivity contribution in [2.45, 2.75) is 12.8 Å². The molecule has 0 spiro atoms. The molecule has 30 heavy (non-hydrogen) atoms. The van der Waals surface area contributed by atoms with Gasteiger partial charge in [0.05, 0.1) is 20.9 Å². The number of rotatable bonds is 3. The summed E-state index contributed by atoms with van der Waals surface area (Å²) < 4.78 is 1.22. The van der Waals surface area contributed by atoms with Crippen molar-refractivity contribution < 1.29 is 4.79 Å². The lowest BCUT2D eigenvalue weighted by molar-refractivity contribution is -0.136. The van der Waals surface area contributed by atoms with Gasteiger partial charge in [0, 0.05) is 45.2 Å². The number of benzene rings is 2. The van der Waals surface area contributed by atoms with Crippen LogP contribution in [0.2, 0.25) is 5.02 Å². The van der Waals surface area contributed by atoms with Crippen LogP contribution in [-0.4, -0.2) is 55.1 Å². The molecule has 0 atom stereocenters. The number of hydrogen-bond donors (Lipinski definition) is 0. The molecular formula is C23H25ClN4OS. The first kappa shape index (κ1) is 19.6. The normalized spacial score (nSPS) is 18.2. The van der Waals surface area contributed by atoms with Crippen LogP contribution in [0, 0.1) is 5.92 Å². The average Bonchev–Trinajstić information content (AvgIpc) is 3.24. The van der Waals surface area contributed by atoms with Crippen LogP contribution in [0.15, 0.2) is 48.5 Å². The van der Waals surface area contributed by atoms with Crippen molar-refractivity contribution >= 4 is 49.9 Å². The van der Waals surface area contributed by atoms with Crippen molar-refractivity contribution in [3.05, 3.63) is 53.6 Å². The van der Waals surface area contributed by atoms with Gasteiger partial charge < -0.3 is 14.7 Å². The first-order valence-corrected chi connectivity index (χ1v) is 11.8. The molecule has 0 N–H and O–H groups in total. The van der Waals surface area contributed by atoms with Crippen LogP contribution in [0.25, 0.3) is 10.2 Å². The lowest BCUT2D eigenvalue weighted by Crippen LogP contribution is -2.51. The van der Waals surface area contributed by atoms with Crippen molar-refractivity contribution in [1.29, 1.82) is 0 Å². The fraction of sp³-hybridized carbons (Fsp3) is 0.391. The Balaban J connectivity index is 1.16. The van der Waals surface area contributed by atoms with Crippen LogP contribution in [0.5, 0.6) is 0 Å². The molecule has 0 aliphatic carbocycles. The summed E-state index contributed by atoms with van der Waals surface area (Å²) in [7, 11) is 0. The molecule has 2 fully saturated rings. The van der Waals surface area contributed by atoms with Crippen molar-refractivity contribution in [1.82, 2.24) is 9.88 Å². The van der Waals surface area contributed by atoms with Crippen LogP contribution in [0.1, 0.15) is 12.8 Å². The first-order valence-electron chi connectivity index (χ1n) is 10.6. The molecule has 2 aliphatic heterocycles. The second kappa shape index (κ2) is 8.44. The fourth-order valence-electron chi connectivity index (χ4n) is 4.45. The van der Waals surface area contributed by atoms with E-state index in [1.807, 2.05) is 29.2 Å². The number of aromatic nitrogens is 1. The minimum absolute atomic E-state index is 0.127. The van der Waals surface area contributed by atoms with Crippen molar-refractivity contribution in [3.8, 4) is 0 Å². The smallest absolute Gasteiger partial charge is 0.225 e. The molecule has 1 amide bonds. The molecule has 5 nitrogen and oxygen atoms in total. The minimum atomic E-state index is 0.127. The van der Waals surface area contributed by atoms with E-state index < -0.39 is 0 Å². The van der Waals surface area contributed by atoms with Gasteiger partial charge >= 0.3 is 0 Å². The third-order valence-electron chi connectivity index (χ3n) is 6.18. The summed E-state index contributed by atoms with van der Waals surface area (Å²) >= 11 is 8.08. The lowest BCUT2D eigenvalue weighted by Gasteiger charge is -2.39. The Morgan fingerprint density at radius 1 is 0.900 bits per heavy atom. The van der Waals surface area contributed by atoms with Crippen molar-refractivity contribution in [2.24, 2.45) is 5.92 Å². The molecule has 0 unspecified atom stereocenters. The zero-order valence-corrected chi connectivity index (χ0v) is 18.4. The Bertz CT molecular complexity index is 1010. The number of para-hydroxylation sites is 2. The van der Waals surface area contributed by atoms with E-state index >= 15 is 0 Å². The highest BCUT2D eigenvalue weighted by Crippen LogP contribution is 2.32. The van der Waals surface area contributed by atoms with Gasteiger partial charge in [-0.3, -0.25) is 4.79 Å². The number of piperidine rings is 1. The molecule has 2 aromatic carbocycles. The molecular weight excluding hydrogens is 416 g/mol. The standard InChI is InChI=1S/C23H25ClN4OS/c24-18-5-1-3-7-20(18)26-13-15-27(16-14-26)22(29)17-9-11-28(12-10-17)23-25-19-6-2-4-8-21(19)30-23/h1-8,17H,9-16H2. The number of halogens is 1. The van der Waals surface area contributed by atoms with Crippen LogP contribution in [0.3, 0.4) is 0 Å². The van der Waals surface area contributed by atoms with E-state index in [1.165, 1.54) is 4.70 Å². The molecule has 2 saturated heterocycles. The molecule has 7 heteroatoms. The topological polar surface area (TPSA) is 39.7 Å². The van der Waals surface area contributed by atoms with E-state index in [0.29, 0.717) is 5.91 Å². The summed E-state index contributed by atoms with van der Waals surface area (Å²) in [5.41, 5.74) is 2.13. The zero-order valence-electron chi connectivity index (χ0n) is 16.8. The second-order valence-electron chi connectivity index (χ2n) is 7.99. The summed E-state index contributed by atoms with van der Waals surface area (Å²) in [6.07, 6.45) is 1.80. The van der Waals surface area contributed by atoms with Gasteiger partial charge in [-0.25, -0.2) is 4.98 Å². The maximum atomic E-state index is 13.1. The molecule has 1 aromatic heterocycles. The molecule has 3 heterocycles. The van der Waals surface area contributed by atoms with Gasteiger partial charge in [0.25, 0.3) is 0 Å². The van der Waals surface area contributed by atoms with E-state index in [2.05, 4.69) is 34.1 Å². The maximum absolute atomic E-state index is 13.1. The van der Waals surface area contributed by atoms with Gasteiger partial charge in [-0.05, 0) is 37.1 Å². The van der Waals surface area contributed by atoms with Gasteiger partial charge in [0.1, 0.15) is 0 Å². The van der Waals surface area contributed by atoms with Crippen LogP contribution in [-0.2, 0) is 4.79 Å². The van der Waals surface area contributed by atoms with E-state index in [1.54, 1.807) is 11.3 Å². The number of amides is 1. The van der Waals surface area contributed by atoms with E-state index in [4.69, 9.17) is 16.6 Å². The van der Waals surface area contributed by atoms with Gasteiger partial charge in [-0.15, -0.1) is 0 Å². The highest BCUT2D eigenvalue weighted by molar-refractivity contribution is 7.22. The molecule has 156 valence electrons. The summed E-state index contributed by atoms with van der Waals surface area (Å²) in [5.74, 6) is 0.445. The highest BCUT2D eigenvalue weighted by Gasteiger charge is 2.31. The third kappa shape index (κ3) is 3.86. The van der Waals surface area contributed by atoms with E-state index in [9.17, 15) is 4.79 Å². The Morgan fingerprint density at radius 2 is 1.60 bits per heavy atom. The van der Waals surface area contributed by atoms with Gasteiger partial charge in [0.15, 0.2) is 5.13 Å². The largest absolute Gasteiger partial charge is 0.367 e.